The summed E-state index contributed by atoms with van der Waals surface area (Å²) >= 11 is 0. The lowest BCUT2D eigenvalue weighted by molar-refractivity contribution is -0.129. The zero-order valence-electron chi connectivity index (χ0n) is 15.6. The molecule has 0 saturated heterocycles. The summed E-state index contributed by atoms with van der Waals surface area (Å²) in [5, 5.41) is 8.61. The Hall–Kier alpha value is -2.67. The SMILES string of the molecule is O=C(NCCO)c1ccc(C(c2c(F)ccc(F)c2F)S(=O)(=O)CCC(F)(F)F)cn1. The molecule has 1 aromatic carbocycles. The van der Waals surface area contributed by atoms with Gasteiger partial charge in [0.25, 0.3) is 5.91 Å². The van der Waals surface area contributed by atoms with Gasteiger partial charge in [0.05, 0.1) is 18.8 Å². The number of alkyl halides is 3. The van der Waals surface area contributed by atoms with E-state index in [2.05, 4.69) is 10.3 Å². The second-order valence-electron chi connectivity index (χ2n) is 6.33. The molecule has 0 fully saturated rings. The van der Waals surface area contributed by atoms with Gasteiger partial charge in [0.2, 0.25) is 0 Å². The van der Waals surface area contributed by atoms with E-state index in [1.165, 1.54) is 0 Å². The molecule has 31 heavy (non-hydrogen) atoms. The molecule has 0 radical (unpaired) electrons. The van der Waals surface area contributed by atoms with Gasteiger partial charge in [-0.15, -0.1) is 0 Å². The maximum atomic E-state index is 14.3. The second kappa shape index (κ2) is 9.64. The third-order valence-corrected chi connectivity index (χ3v) is 6.09. The summed E-state index contributed by atoms with van der Waals surface area (Å²) in [6, 6.07) is 2.76. The molecule has 0 aliphatic rings. The molecule has 1 unspecified atom stereocenters. The van der Waals surface area contributed by atoms with Crippen LogP contribution in [0.4, 0.5) is 26.3 Å². The highest BCUT2D eigenvalue weighted by molar-refractivity contribution is 7.91. The molecule has 0 spiro atoms. The van der Waals surface area contributed by atoms with E-state index >= 15 is 0 Å². The molecule has 1 heterocycles. The number of nitrogens with one attached hydrogen (secondary N) is 1. The summed E-state index contributed by atoms with van der Waals surface area (Å²) < 4.78 is 105. The monoisotopic (exact) mass is 470 g/mol. The number of nitrogens with zero attached hydrogens (tertiary/aromatic N) is 1. The van der Waals surface area contributed by atoms with Crippen LogP contribution in [-0.4, -0.2) is 49.5 Å². The smallest absolute Gasteiger partial charge is 0.390 e. The normalized spacial score (nSPS) is 13.1. The van der Waals surface area contributed by atoms with Crippen LogP contribution in [0.1, 0.15) is 33.3 Å². The summed E-state index contributed by atoms with van der Waals surface area (Å²) in [7, 11) is -4.91. The largest absolute Gasteiger partial charge is 0.395 e. The fourth-order valence-electron chi connectivity index (χ4n) is 2.67. The number of aliphatic hydroxyl groups is 1. The molecule has 13 heteroatoms. The first-order chi connectivity index (χ1) is 14.4. The number of aromatic nitrogens is 1. The van der Waals surface area contributed by atoms with Crippen molar-refractivity contribution in [1.29, 1.82) is 0 Å². The molecule has 2 N–H and O–H groups in total. The van der Waals surface area contributed by atoms with E-state index in [-0.39, 0.29) is 18.8 Å². The highest BCUT2D eigenvalue weighted by Gasteiger charge is 2.38. The van der Waals surface area contributed by atoms with Crippen molar-refractivity contribution in [2.45, 2.75) is 17.8 Å². The van der Waals surface area contributed by atoms with Gasteiger partial charge in [-0.1, -0.05) is 6.07 Å². The van der Waals surface area contributed by atoms with E-state index in [1.54, 1.807) is 0 Å². The van der Waals surface area contributed by atoms with Gasteiger partial charge in [0.15, 0.2) is 21.5 Å². The number of rotatable bonds is 8. The number of carbonyl (C=O) groups excluding carboxylic acids is 1. The van der Waals surface area contributed by atoms with E-state index in [4.69, 9.17) is 5.11 Å². The number of hydrogen-bond acceptors (Lipinski definition) is 5. The first-order valence-electron chi connectivity index (χ1n) is 8.64. The molecule has 0 saturated carbocycles. The maximum Gasteiger partial charge on any atom is 0.390 e. The molecule has 2 rings (SSSR count). The van der Waals surface area contributed by atoms with Gasteiger partial charge in [-0.2, -0.15) is 13.2 Å². The van der Waals surface area contributed by atoms with Crippen molar-refractivity contribution in [3.8, 4) is 0 Å². The van der Waals surface area contributed by atoms with Crippen LogP contribution in [0.25, 0.3) is 0 Å². The minimum absolute atomic E-state index is 0.115. The summed E-state index contributed by atoms with van der Waals surface area (Å²) in [4.78, 5) is 15.5. The molecule has 2 aromatic rings. The quantitative estimate of drug-likeness (QED) is 0.457. The van der Waals surface area contributed by atoms with Crippen LogP contribution in [0.2, 0.25) is 0 Å². The molecular formula is C18H16F6N2O4S. The molecule has 1 atom stereocenters. The Labute approximate surface area is 172 Å². The van der Waals surface area contributed by atoms with E-state index < -0.39 is 67.9 Å². The van der Waals surface area contributed by atoms with Crippen molar-refractivity contribution < 1.29 is 44.7 Å². The lowest BCUT2D eigenvalue weighted by Crippen LogP contribution is -2.27. The molecule has 0 aliphatic heterocycles. The Morgan fingerprint density at radius 2 is 1.74 bits per heavy atom. The zero-order chi connectivity index (χ0) is 23.4. The Balaban J connectivity index is 2.56. The number of hydrogen-bond donors (Lipinski definition) is 2. The molecule has 1 amide bonds. The first kappa shape index (κ1) is 24.6. The fraction of sp³-hybridized carbons (Fsp3) is 0.333. The molecule has 1 aromatic heterocycles. The average Bonchev–Trinajstić information content (AvgIpc) is 2.70. The Bertz CT molecular complexity index is 1040. The van der Waals surface area contributed by atoms with Gasteiger partial charge < -0.3 is 10.4 Å². The fourth-order valence-corrected chi connectivity index (χ4v) is 4.55. The number of amides is 1. The molecule has 0 bridgehead atoms. The van der Waals surface area contributed by atoms with Gasteiger partial charge >= 0.3 is 6.18 Å². The van der Waals surface area contributed by atoms with Crippen molar-refractivity contribution in [3.63, 3.8) is 0 Å². The predicted octanol–water partition coefficient (Wildman–Crippen LogP) is 2.68. The summed E-state index contributed by atoms with van der Waals surface area (Å²) in [5.41, 5.74) is -2.02. The number of aliphatic hydroxyl groups excluding tert-OH is 1. The van der Waals surface area contributed by atoms with Crippen LogP contribution in [0.3, 0.4) is 0 Å². The standard InChI is InChI=1S/C18H16F6N2O4S/c19-11-2-3-12(20)15(21)14(11)16(31(29,30)8-5-18(22,23)24)10-1-4-13(26-9-10)17(28)25-6-7-27/h1-4,9,16,27H,5-8H2,(H,25,28). The number of pyridine rings is 1. The molecular weight excluding hydrogens is 454 g/mol. The predicted molar refractivity (Wildman–Crippen MR) is 96.3 cm³/mol. The number of halogens is 6. The number of sulfone groups is 1. The van der Waals surface area contributed by atoms with Crippen LogP contribution in [0.15, 0.2) is 30.5 Å². The third-order valence-electron chi connectivity index (χ3n) is 4.09. The van der Waals surface area contributed by atoms with Gasteiger partial charge in [-0.3, -0.25) is 9.78 Å². The van der Waals surface area contributed by atoms with Crippen molar-refractivity contribution >= 4 is 15.7 Å². The lowest BCUT2D eigenvalue weighted by atomic mass is 10.0. The van der Waals surface area contributed by atoms with Gasteiger partial charge in [0.1, 0.15) is 16.8 Å². The second-order valence-corrected chi connectivity index (χ2v) is 8.53. The highest BCUT2D eigenvalue weighted by atomic mass is 32.2. The summed E-state index contributed by atoms with van der Waals surface area (Å²) in [5.74, 6) is -7.23. The van der Waals surface area contributed by atoms with Crippen LogP contribution in [-0.2, 0) is 9.84 Å². The van der Waals surface area contributed by atoms with Crippen LogP contribution < -0.4 is 5.32 Å². The molecule has 0 aliphatic carbocycles. The third kappa shape index (κ3) is 6.17. The Morgan fingerprint density at radius 3 is 2.29 bits per heavy atom. The highest BCUT2D eigenvalue weighted by Crippen LogP contribution is 2.36. The van der Waals surface area contributed by atoms with Crippen molar-refractivity contribution in [2.75, 3.05) is 18.9 Å². The maximum absolute atomic E-state index is 14.3. The van der Waals surface area contributed by atoms with Crippen molar-refractivity contribution in [2.24, 2.45) is 0 Å². The van der Waals surface area contributed by atoms with Crippen molar-refractivity contribution in [1.82, 2.24) is 10.3 Å². The first-order valence-corrected chi connectivity index (χ1v) is 10.4. The Morgan fingerprint density at radius 1 is 1.10 bits per heavy atom. The van der Waals surface area contributed by atoms with E-state index in [1.807, 2.05) is 0 Å². The summed E-state index contributed by atoms with van der Waals surface area (Å²) in [6.45, 7) is -0.488. The number of carbonyl (C=O) groups is 1. The van der Waals surface area contributed by atoms with Crippen LogP contribution in [0.5, 0.6) is 0 Å². The Kier molecular flexibility index (Phi) is 7.65. The summed E-state index contributed by atoms with van der Waals surface area (Å²) in [6.07, 6.45) is -5.92. The zero-order valence-corrected chi connectivity index (χ0v) is 16.4. The van der Waals surface area contributed by atoms with E-state index in [0.717, 1.165) is 18.3 Å². The van der Waals surface area contributed by atoms with Gasteiger partial charge in [-0.25, -0.2) is 21.6 Å². The molecule has 6 nitrogen and oxygen atoms in total. The van der Waals surface area contributed by atoms with Crippen LogP contribution in [0, 0.1) is 17.5 Å². The number of benzene rings is 1. The van der Waals surface area contributed by atoms with Crippen molar-refractivity contribution in [3.05, 3.63) is 64.7 Å². The minimum atomic E-state index is -4.91. The van der Waals surface area contributed by atoms with Gasteiger partial charge in [-0.05, 0) is 23.8 Å². The minimum Gasteiger partial charge on any atom is -0.395 e. The molecule has 170 valence electrons. The van der Waals surface area contributed by atoms with E-state index in [9.17, 15) is 39.6 Å². The van der Waals surface area contributed by atoms with Gasteiger partial charge in [0, 0.05) is 18.3 Å². The van der Waals surface area contributed by atoms with E-state index in [0.29, 0.717) is 12.1 Å². The topological polar surface area (TPSA) is 96.4 Å². The van der Waals surface area contributed by atoms with Crippen LogP contribution >= 0.6 is 0 Å². The average molecular weight is 470 g/mol. The lowest BCUT2D eigenvalue weighted by Gasteiger charge is -2.20.